The van der Waals surface area contributed by atoms with Crippen molar-refractivity contribution in [3.8, 4) is 0 Å². The number of hydrogen-bond acceptors (Lipinski definition) is 3. The molecule has 0 spiro atoms. The number of carbonyl (C=O) groups is 2. The maximum Gasteiger partial charge on any atom is 0.411 e. The van der Waals surface area contributed by atoms with E-state index in [0.29, 0.717) is 11.4 Å². The second-order valence-electron chi connectivity index (χ2n) is 5.28. The van der Waals surface area contributed by atoms with Gasteiger partial charge in [0.25, 0.3) is 0 Å². The van der Waals surface area contributed by atoms with Crippen molar-refractivity contribution < 1.29 is 14.3 Å². The van der Waals surface area contributed by atoms with Crippen LogP contribution in [0.15, 0.2) is 54.7 Å². The molecule has 122 valence electrons. The van der Waals surface area contributed by atoms with Gasteiger partial charge in [0.05, 0.1) is 13.5 Å². The van der Waals surface area contributed by atoms with E-state index in [2.05, 4.69) is 20.4 Å². The van der Waals surface area contributed by atoms with Crippen LogP contribution in [0.4, 0.5) is 16.2 Å². The Morgan fingerprint density at radius 3 is 2.38 bits per heavy atom. The Balaban J connectivity index is 1.63. The standard InChI is InChI=1S/C18H17N3O3/c1-24-18(23)21-14-8-6-13(7-9-14)20-17(22)10-12-11-19-16-5-3-2-4-15(12)16/h2-9,11,19H,10H2,1H3,(H,20,22)(H,21,23). The molecule has 2 amide bonds. The number of aromatic nitrogens is 1. The third-order valence-electron chi connectivity index (χ3n) is 3.63. The van der Waals surface area contributed by atoms with Crippen molar-refractivity contribution in [3.05, 3.63) is 60.3 Å². The van der Waals surface area contributed by atoms with Crippen molar-refractivity contribution in [2.75, 3.05) is 17.7 Å². The molecule has 3 rings (SSSR count). The number of amides is 2. The van der Waals surface area contributed by atoms with Crippen LogP contribution in [0.5, 0.6) is 0 Å². The number of H-pyrrole nitrogens is 1. The third kappa shape index (κ3) is 3.55. The summed E-state index contributed by atoms with van der Waals surface area (Å²) in [5.74, 6) is -0.103. The molecule has 0 aliphatic rings. The molecule has 0 aliphatic heterocycles. The summed E-state index contributed by atoms with van der Waals surface area (Å²) < 4.78 is 4.52. The summed E-state index contributed by atoms with van der Waals surface area (Å²) in [6.07, 6.45) is 1.60. The van der Waals surface area contributed by atoms with Crippen molar-refractivity contribution in [2.45, 2.75) is 6.42 Å². The number of ether oxygens (including phenoxy) is 1. The lowest BCUT2D eigenvalue weighted by molar-refractivity contribution is -0.115. The van der Waals surface area contributed by atoms with Gasteiger partial charge < -0.3 is 15.0 Å². The third-order valence-corrected chi connectivity index (χ3v) is 3.63. The second kappa shape index (κ2) is 6.87. The average Bonchev–Trinajstić information content (AvgIpc) is 2.99. The lowest BCUT2D eigenvalue weighted by atomic mass is 10.1. The first-order valence-corrected chi connectivity index (χ1v) is 7.45. The first-order valence-electron chi connectivity index (χ1n) is 7.45. The van der Waals surface area contributed by atoms with Crippen LogP contribution in [0, 0.1) is 0 Å². The number of fused-ring (bicyclic) bond motifs is 1. The Labute approximate surface area is 138 Å². The summed E-state index contributed by atoms with van der Waals surface area (Å²) in [4.78, 5) is 26.5. The summed E-state index contributed by atoms with van der Waals surface area (Å²) in [7, 11) is 1.30. The predicted octanol–water partition coefficient (Wildman–Crippen LogP) is 3.53. The zero-order chi connectivity index (χ0) is 16.9. The molecule has 1 heterocycles. The predicted molar refractivity (Wildman–Crippen MR) is 93.1 cm³/mol. The first kappa shape index (κ1) is 15.6. The number of hydrogen-bond donors (Lipinski definition) is 3. The Hall–Kier alpha value is -3.28. The molecule has 3 N–H and O–H groups in total. The molecule has 2 aromatic carbocycles. The first-order chi connectivity index (χ1) is 11.7. The largest absolute Gasteiger partial charge is 0.453 e. The number of carbonyl (C=O) groups excluding carboxylic acids is 2. The van der Waals surface area contributed by atoms with Crippen molar-refractivity contribution in [3.63, 3.8) is 0 Å². The summed E-state index contributed by atoms with van der Waals surface area (Å²) in [6.45, 7) is 0. The molecule has 0 fully saturated rings. The van der Waals surface area contributed by atoms with Crippen molar-refractivity contribution in [2.24, 2.45) is 0 Å². The number of benzene rings is 2. The highest BCUT2D eigenvalue weighted by Gasteiger charge is 2.09. The van der Waals surface area contributed by atoms with E-state index in [1.807, 2.05) is 30.5 Å². The lowest BCUT2D eigenvalue weighted by Crippen LogP contribution is -2.14. The smallest absolute Gasteiger partial charge is 0.411 e. The zero-order valence-electron chi connectivity index (χ0n) is 13.1. The van der Waals surface area contributed by atoms with Gasteiger partial charge in [-0.15, -0.1) is 0 Å². The van der Waals surface area contributed by atoms with Gasteiger partial charge in [-0.3, -0.25) is 10.1 Å². The van der Waals surface area contributed by atoms with E-state index in [9.17, 15) is 9.59 Å². The minimum absolute atomic E-state index is 0.103. The molecular formula is C18H17N3O3. The molecule has 6 heteroatoms. The van der Waals surface area contributed by atoms with E-state index in [4.69, 9.17) is 0 Å². The van der Waals surface area contributed by atoms with Gasteiger partial charge >= 0.3 is 6.09 Å². The van der Waals surface area contributed by atoms with Gasteiger partial charge in [-0.05, 0) is 35.9 Å². The minimum Gasteiger partial charge on any atom is -0.453 e. The maximum atomic E-state index is 12.2. The van der Waals surface area contributed by atoms with E-state index in [0.717, 1.165) is 16.5 Å². The van der Waals surface area contributed by atoms with E-state index < -0.39 is 6.09 Å². The monoisotopic (exact) mass is 323 g/mol. The van der Waals surface area contributed by atoms with Crippen LogP contribution in [0.3, 0.4) is 0 Å². The molecule has 6 nitrogen and oxygen atoms in total. The fourth-order valence-corrected chi connectivity index (χ4v) is 2.46. The van der Waals surface area contributed by atoms with Crippen molar-refractivity contribution in [1.82, 2.24) is 4.98 Å². The number of methoxy groups -OCH3 is 1. The highest BCUT2D eigenvalue weighted by molar-refractivity contribution is 5.96. The van der Waals surface area contributed by atoms with Crippen molar-refractivity contribution >= 4 is 34.3 Å². The van der Waals surface area contributed by atoms with Crippen LogP contribution in [-0.4, -0.2) is 24.1 Å². The number of anilines is 2. The van der Waals surface area contributed by atoms with E-state index >= 15 is 0 Å². The van der Waals surface area contributed by atoms with Crippen LogP contribution in [0.1, 0.15) is 5.56 Å². The van der Waals surface area contributed by atoms with Crippen molar-refractivity contribution in [1.29, 1.82) is 0 Å². The maximum absolute atomic E-state index is 12.2. The molecule has 0 unspecified atom stereocenters. The minimum atomic E-state index is -0.536. The topological polar surface area (TPSA) is 83.2 Å². The fraction of sp³-hybridized carbons (Fsp3) is 0.111. The molecule has 3 aromatic rings. The number of aromatic amines is 1. The summed E-state index contributed by atoms with van der Waals surface area (Å²) >= 11 is 0. The molecule has 24 heavy (non-hydrogen) atoms. The van der Waals surface area contributed by atoms with Crippen LogP contribution in [0.2, 0.25) is 0 Å². The molecule has 1 aromatic heterocycles. The molecule has 0 saturated carbocycles. The van der Waals surface area contributed by atoms with Gasteiger partial charge in [-0.25, -0.2) is 4.79 Å². The quantitative estimate of drug-likeness (QED) is 0.687. The Kier molecular flexibility index (Phi) is 4.47. The summed E-state index contributed by atoms with van der Waals surface area (Å²) in [5.41, 5.74) is 3.22. The molecule has 0 saturated heterocycles. The molecule has 0 atom stereocenters. The zero-order valence-corrected chi connectivity index (χ0v) is 13.1. The Bertz CT molecular complexity index is 869. The summed E-state index contributed by atoms with van der Waals surface area (Å²) in [5, 5.41) is 6.44. The van der Waals surface area contributed by atoms with Gasteiger partial charge in [-0.2, -0.15) is 0 Å². The average molecular weight is 323 g/mol. The summed E-state index contributed by atoms with van der Waals surface area (Å²) in [6, 6.07) is 14.7. The number of nitrogens with one attached hydrogen (secondary N) is 3. The second-order valence-corrected chi connectivity index (χ2v) is 5.28. The van der Waals surface area contributed by atoms with Gasteiger partial charge in [0.15, 0.2) is 0 Å². The SMILES string of the molecule is COC(=O)Nc1ccc(NC(=O)Cc2c[nH]c3ccccc23)cc1. The normalized spacial score (nSPS) is 10.4. The van der Waals surface area contributed by atoms with Crippen LogP contribution < -0.4 is 10.6 Å². The Morgan fingerprint density at radius 2 is 1.67 bits per heavy atom. The van der Waals surface area contributed by atoms with Crippen LogP contribution in [0.25, 0.3) is 10.9 Å². The molecule has 0 aliphatic carbocycles. The van der Waals surface area contributed by atoms with Gasteiger partial charge in [0.2, 0.25) is 5.91 Å². The van der Waals surface area contributed by atoms with Crippen LogP contribution in [-0.2, 0) is 16.0 Å². The fourth-order valence-electron chi connectivity index (χ4n) is 2.46. The highest BCUT2D eigenvalue weighted by Crippen LogP contribution is 2.19. The van der Waals surface area contributed by atoms with E-state index in [-0.39, 0.29) is 12.3 Å². The molecule has 0 radical (unpaired) electrons. The van der Waals surface area contributed by atoms with E-state index in [1.165, 1.54) is 7.11 Å². The Morgan fingerprint density at radius 1 is 1.00 bits per heavy atom. The number of para-hydroxylation sites is 1. The van der Waals surface area contributed by atoms with Gasteiger partial charge in [-0.1, -0.05) is 18.2 Å². The molecule has 0 bridgehead atoms. The van der Waals surface area contributed by atoms with Gasteiger partial charge in [0, 0.05) is 28.5 Å². The van der Waals surface area contributed by atoms with E-state index in [1.54, 1.807) is 24.3 Å². The highest BCUT2D eigenvalue weighted by atomic mass is 16.5. The molecular weight excluding hydrogens is 306 g/mol. The lowest BCUT2D eigenvalue weighted by Gasteiger charge is -2.07. The van der Waals surface area contributed by atoms with Gasteiger partial charge in [0.1, 0.15) is 0 Å². The van der Waals surface area contributed by atoms with Crippen LogP contribution >= 0.6 is 0 Å². The number of rotatable bonds is 4.